The summed E-state index contributed by atoms with van der Waals surface area (Å²) in [6.45, 7) is 2.18. The standard InChI is InChI=1S/C31H36F3N5O5/c1-19-3-5-21(6-4-19)29(40)39(22-7-9-23(43-2)10-8-22)27-12-11-24(16-25(27)30(41)42)44-28-26(31(32,33)34)15-20(17-35-28)18-38-14-13-36-37-38/h11-17,19,21-23H,3-10,18H2,1-2H3,(H,41,42). The van der Waals surface area contributed by atoms with Gasteiger partial charge in [-0.3, -0.25) is 4.79 Å². The minimum Gasteiger partial charge on any atom is -0.478 e. The van der Waals surface area contributed by atoms with Crippen molar-refractivity contribution in [2.75, 3.05) is 12.0 Å². The molecule has 2 heterocycles. The minimum atomic E-state index is -4.79. The van der Waals surface area contributed by atoms with Gasteiger partial charge >= 0.3 is 12.1 Å². The number of carbonyl (C=O) groups excluding carboxylic acids is 1. The van der Waals surface area contributed by atoms with E-state index < -0.39 is 23.6 Å². The molecule has 3 aromatic rings. The summed E-state index contributed by atoms with van der Waals surface area (Å²) in [5, 5.41) is 17.6. The van der Waals surface area contributed by atoms with Crippen molar-refractivity contribution in [2.24, 2.45) is 11.8 Å². The summed E-state index contributed by atoms with van der Waals surface area (Å²) in [5.41, 5.74) is -0.910. The van der Waals surface area contributed by atoms with E-state index in [2.05, 4.69) is 22.2 Å². The predicted molar refractivity (Wildman–Crippen MR) is 153 cm³/mol. The van der Waals surface area contributed by atoms with Crippen LogP contribution in [0.1, 0.15) is 79.8 Å². The zero-order chi connectivity index (χ0) is 31.4. The lowest BCUT2D eigenvalue weighted by Crippen LogP contribution is -2.47. The molecule has 13 heteroatoms. The number of methoxy groups -OCH3 is 1. The highest BCUT2D eigenvalue weighted by atomic mass is 19.4. The summed E-state index contributed by atoms with van der Waals surface area (Å²) in [4.78, 5) is 32.1. The van der Waals surface area contributed by atoms with Gasteiger partial charge in [0, 0.05) is 31.5 Å². The van der Waals surface area contributed by atoms with Gasteiger partial charge in [-0.25, -0.2) is 14.5 Å². The van der Waals surface area contributed by atoms with Crippen LogP contribution in [0.2, 0.25) is 0 Å². The molecule has 1 aromatic carbocycles. The van der Waals surface area contributed by atoms with E-state index in [1.54, 1.807) is 12.0 Å². The lowest BCUT2D eigenvalue weighted by atomic mass is 9.81. The number of ether oxygens (including phenoxy) is 2. The fourth-order valence-electron chi connectivity index (χ4n) is 6.18. The molecule has 1 N–H and O–H groups in total. The number of rotatable bonds is 9. The second kappa shape index (κ2) is 13.3. The van der Waals surface area contributed by atoms with Crippen LogP contribution >= 0.6 is 0 Å². The Labute approximate surface area is 253 Å². The van der Waals surface area contributed by atoms with Gasteiger partial charge in [-0.1, -0.05) is 12.1 Å². The van der Waals surface area contributed by atoms with Gasteiger partial charge in [0.15, 0.2) is 0 Å². The first kappa shape index (κ1) is 31.4. The van der Waals surface area contributed by atoms with Crippen molar-refractivity contribution in [1.29, 1.82) is 0 Å². The van der Waals surface area contributed by atoms with E-state index in [1.165, 1.54) is 35.4 Å². The summed E-state index contributed by atoms with van der Waals surface area (Å²) in [5.74, 6) is -1.99. The molecule has 2 aliphatic carbocycles. The topological polar surface area (TPSA) is 120 Å². The lowest BCUT2D eigenvalue weighted by Gasteiger charge is -2.40. The van der Waals surface area contributed by atoms with E-state index in [9.17, 15) is 27.9 Å². The number of aromatic nitrogens is 4. The number of nitrogens with zero attached hydrogens (tertiary/aromatic N) is 5. The number of carboxylic acid groups (broad SMARTS) is 1. The normalized spacial score (nSPS) is 22.4. The minimum absolute atomic E-state index is 0.0181. The van der Waals surface area contributed by atoms with Crippen molar-refractivity contribution in [3.8, 4) is 11.6 Å². The van der Waals surface area contributed by atoms with Crippen LogP contribution in [0.15, 0.2) is 42.9 Å². The van der Waals surface area contributed by atoms with E-state index in [4.69, 9.17) is 9.47 Å². The van der Waals surface area contributed by atoms with Crippen LogP contribution in [-0.2, 0) is 22.3 Å². The second-order valence-electron chi connectivity index (χ2n) is 11.7. The molecule has 0 radical (unpaired) electrons. The molecule has 0 bridgehead atoms. The van der Waals surface area contributed by atoms with Crippen LogP contribution in [0.5, 0.6) is 11.6 Å². The maximum absolute atomic E-state index is 14.0. The van der Waals surface area contributed by atoms with Crippen LogP contribution in [0.25, 0.3) is 0 Å². The number of hydrogen-bond donors (Lipinski definition) is 1. The molecule has 44 heavy (non-hydrogen) atoms. The molecular formula is C31H36F3N5O5. The number of amides is 1. The maximum Gasteiger partial charge on any atom is 0.421 e. The van der Waals surface area contributed by atoms with Crippen LogP contribution in [0, 0.1) is 11.8 Å². The quantitative estimate of drug-likeness (QED) is 0.296. The van der Waals surface area contributed by atoms with E-state index in [0.29, 0.717) is 18.8 Å². The number of halogens is 3. The predicted octanol–water partition coefficient (Wildman–Crippen LogP) is 6.35. The van der Waals surface area contributed by atoms with Crippen LogP contribution in [0.3, 0.4) is 0 Å². The number of aromatic carboxylic acids is 1. The molecule has 0 aliphatic heterocycles. The van der Waals surface area contributed by atoms with Gasteiger partial charge in [0.05, 0.1) is 30.1 Å². The third kappa shape index (κ3) is 7.20. The molecule has 5 rings (SSSR count). The van der Waals surface area contributed by atoms with Crippen molar-refractivity contribution in [3.05, 3.63) is 59.5 Å². The van der Waals surface area contributed by atoms with E-state index in [-0.39, 0.29) is 53.1 Å². The number of benzene rings is 1. The smallest absolute Gasteiger partial charge is 0.421 e. The molecule has 236 valence electrons. The molecule has 10 nitrogen and oxygen atoms in total. The highest BCUT2D eigenvalue weighted by Crippen LogP contribution is 2.40. The zero-order valence-corrected chi connectivity index (χ0v) is 24.7. The molecule has 0 saturated heterocycles. The molecule has 0 unspecified atom stereocenters. The van der Waals surface area contributed by atoms with Crippen molar-refractivity contribution in [1.82, 2.24) is 20.0 Å². The second-order valence-corrected chi connectivity index (χ2v) is 11.7. The summed E-state index contributed by atoms with van der Waals surface area (Å²) in [6, 6.07) is 4.69. The fourth-order valence-corrected chi connectivity index (χ4v) is 6.18. The van der Waals surface area contributed by atoms with Crippen molar-refractivity contribution >= 4 is 17.6 Å². The third-order valence-electron chi connectivity index (χ3n) is 8.65. The Bertz CT molecular complexity index is 1450. The Hall–Kier alpha value is -4.00. The number of alkyl halides is 3. The first-order chi connectivity index (χ1) is 21.0. The summed E-state index contributed by atoms with van der Waals surface area (Å²) >= 11 is 0. The molecule has 2 aromatic heterocycles. The van der Waals surface area contributed by atoms with Gasteiger partial charge in [0.2, 0.25) is 11.8 Å². The molecule has 1 amide bonds. The average Bonchev–Trinajstić information content (AvgIpc) is 3.52. The van der Waals surface area contributed by atoms with Gasteiger partial charge in [-0.15, -0.1) is 5.10 Å². The molecule has 2 fully saturated rings. The van der Waals surface area contributed by atoms with E-state index >= 15 is 0 Å². The van der Waals surface area contributed by atoms with E-state index in [1.807, 2.05) is 0 Å². The Balaban J connectivity index is 1.47. The zero-order valence-electron chi connectivity index (χ0n) is 24.7. The summed E-state index contributed by atoms with van der Waals surface area (Å²) < 4.78 is 54.5. The number of carboxylic acids is 1. The highest BCUT2D eigenvalue weighted by Gasteiger charge is 2.38. The first-order valence-corrected chi connectivity index (χ1v) is 14.8. The van der Waals surface area contributed by atoms with Gasteiger partial charge in [0.25, 0.3) is 0 Å². The van der Waals surface area contributed by atoms with Crippen molar-refractivity contribution < 1.29 is 37.3 Å². The number of pyridine rings is 1. The van der Waals surface area contributed by atoms with Gasteiger partial charge in [-0.05, 0) is 87.1 Å². The Morgan fingerprint density at radius 1 is 1.07 bits per heavy atom. The number of hydrogen-bond acceptors (Lipinski definition) is 7. The largest absolute Gasteiger partial charge is 0.478 e. The van der Waals surface area contributed by atoms with Gasteiger partial charge in [0.1, 0.15) is 11.3 Å². The van der Waals surface area contributed by atoms with Gasteiger partial charge in [-0.2, -0.15) is 13.2 Å². The Morgan fingerprint density at radius 2 is 1.80 bits per heavy atom. The van der Waals surface area contributed by atoms with Gasteiger partial charge < -0.3 is 19.5 Å². The fraction of sp³-hybridized carbons (Fsp3) is 0.516. The SMILES string of the molecule is COC1CCC(N(C(=O)C2CCC(C)CC2)c2ccc(Oc3ncc(Cn4ccnn4)cc3C(F)(F)F)cc2C(=O)O)CC1. The first-order valence-electron chi connectivity index (χ1n) is 14.8. The maximum atomic E-state index is 14.0. The monoisotopic (exact) mass is 615 g/mol. The van der Waals surface area contributed by atoms with E-state index in [0.717, 1.165) is 50.7 Å². The molecule has 2 saturated carbocycles. The van der Waals surface area contributed by atoms with Crippen LogP contribution in [0.4, 0.5) is 18.9 Å². The number of carbonyl (C=O) groups is 2. The third-order valence-corrected chi connectivity index (χ3v) is 8.65. The average molecular weight is 616 g/mol. The Morgan fingerprint density at radius 3 is 2.41 bits per heavy atom. The lowest BCUT2D eigenvalue weighted by molar-refractivity contribution is -0.139. The molecular weight excluding hydrogens is 579 g/mol. The van der Waals surface area contributed by atoms with Crippen molar-refractivity contribution in [3.63, 3.8) is 0 Å². The Kier molecular flexibility index (Phi) is 9.52. The summed E-state index contributed by atoms with van der Waals surface area (Å²) in [6.07, 6.45) is 5.49. The number of anilines is 1. The highest BCUT2D eigenvalue weighted by molar-refractivity contribution is 6.03. The molecule has 0 spiro atoms. The summed E-state index contributed by atoms with van der Waals surface area (Å²) in [7, 11) is 1.65. The van der Waals surface area contributed by atoms with Crippen molar-refractivity contribution in [2.45, 2.75) is 83.2 Å². The van der Waals surface area contributed by atoms with Crippen LogP contribution < -0.4 is 9.64 Å². The van der Waals surface area contributed by atoms with Crippen LogP contribution in [-0.4, -0.2) is 56.2 Å². The molecule has 2 aliphatic rings. The molecule has 0 atom stereocenters.